The molecule has 1 aromatic heterocycles. The molecule has 1 aliphatic carbocycles. The van der Waals surface area contributed by atoms with Gasteiger partial charge in [-0.15, -0.1) is 11.3 Å². The third-order valence-electron chi connectivity index (χ3n) is 4.06. The summed E-state index contributed by atoms with van der Waals surface area (Å²) in [6.07, 6.45) is 2.85. The molecule has 1 aliphatic rings. The smallest absolute Gasteiger partial charge is 0.413 e. The quantitative estimate of drug-likeness (QED) is 0.881. The minimum Gasteiger partial charge on any atom is -0.453 e. The first-order chi connectivity index (χ1) is 12.1. The lowest BCUT2D eigenvalue weighted by molar-refractivity contribution is 0.0937. The first kappa shape index (κ1) is 17.2. The van der Waals surface area contributed by atoms with E-state index in [-0.39, 0.29) is 5.91 Å². The van der Waals surface area contributed by atoms with Crippen LogP contribution in [0.4, 0.5) is 9.80 Å². The zero-order valence-electron chi connectivity index (χ0n) is 13.8. The van der Waals surface area contributed by atoms with Crippen LogP contribution in [0.5, 0.6) is 0 Å². The minimum atomic E-state index is -0.818. The number of carbonyl (C=O) groups is 3. The number of thiophene rings is 1. The van der Waals surface area contributed by atoms with Crippen LogP contribution in [0.3, 0.4) is 0 Å². The second kappa shape index (κ2) is 7.48. The van der Waals surface area contributed by atoms with Crippen molar-refractivity contribution in [3.63, 3.8) is 0 Å². The van der Waals surface area contributed by atoms with Gasteiger partial charge in [0.15, 0.2) is 0 Å². The largest absolute Gasteiger partial charge is 0.453 e. The molecule has 0 fully saturated rings. The summed E-state index contributed by atoms with van der Waals surface area (Å²) >= 11 is 1.40. The van der Waals surface area contributed by atoms with Gasteiger partial charge in [0.05, 0.1) is 12.7 Å². The van der Waals surface area contributed by atoms with Crippen LogP contribution >= 0.6 is 11.3 Å². The molecule has 0 radical (unpaired) electrons. The van der Waals surface area contributed by atoms with Gasteiger partial charge in [-0.3, -0.25) is 14.9 Å². The van der Waals surface area contributed by atoms with Crippen LogP contribution < -0.4 is 10.6 Å². The number of methoxy groups -OCH3 is 1. The maximum atomic E-state index is 12.5. The van der Waals surface area contributed by atoms with E-state index < -0.39 is 12.0 Å². The maximum absolute atomic E-state index is 12.5. The molecule has 130 valence electrons. The number of nitrogens with one attached hydrogen (secondary N) is 2. The van der Waals surface area contributed by atoms with Crippen molar-refractivity contribution < 1.29 is 19.1 Å². The molecule has 3 rings (SSSR count). The van der Waals surface area contributed by atoms with Crippen molar-refractivity contribution >= 4 is 34.2 Å². The average Bonchev–Trinajstić information content (AvgIpc) is 3.00. The molecular weight excluding hydrogens is 340 g/mol. The number of fused-ring (bicyclic) bond motifs is 1. The standard InChI is InChI=1S/C18H18N2O4S/c1-24-18(23)20-16(22)14-12-9-5-6-10-13(12)25-17(14)19-15(21)11-7-3-2-4-8-11/h2-4,7-8H,5-6,9-10H2,1H3,(H,19,21)(H,20,22,23). The monoisotopic (exact) mass is 358 g/mol. The van der Waals surface area contributed by atoms with E-state index in [9.17, 15) is 14.4 Å². The Morgan fingerprint density at radius 1 is 1.04 bits per heavy atom. The fourth-order valence-corrected chi connectivity index (χ4v) is 4.15. The van der Waals surface area contributed by atoms with Gasteiger partial charge < -0.3 is 10.1 Å². The maximum Gasteiger partial charge on any atom is 0.413 e. The molecule has 25 heavy (non-hydrogen) atoms. The van der Waals surface area contributed by atoms with Gasteiger partial charge >= 0.3 is 6.09 Å². The Labute approximate surface area is 149 Å². The lowest BCUT2D eigenvalue weighted by Crippen LogP contribution is -2.31. The Hall–Kier alpha value is -2.67. The Balaban J connectivity index is 1.92. The van der Waals surface area contributed by atoms with Crippen LogP contribution in [0.2, 0.25) is 0 Å². The van der Waals surface area contributed by atoms with Gasteiger partial charge in [0.2, 0.25) is 0 Å². The van der Waals surface area contributed by atoms with E-state index in [4.69, 9.17) is 0 Å². The highest BCUT2D eigenvalue weighted by Gasteiger charge is 2.27. The summed E-state index contributed by atoms with van der Waals surface area (Å²) in [5.74, 6) is -0.832. The van der Waals surface area contributed by atoms with E-state index in [1.807, 2.05) is 6.07 Å². The summed E-state index contributed by atoms with van der Waals surface area (Å²) in [6.45, 7) is 0. The summed E-state index contributed by atoms with van der Waals surface area (Å²) in [5.41, 5.74) is 1.79. The van der Waals surface area contributed by atoms with Gasteiger partial charge in [0, 0.05) is 10.4 Å². The number of amides is 3. The van der Waals surface area contributed by atoms with Crippen LogP contribution in [-0.4, -0.2) is 25.0 Å². The number of hydrogen-bond acceptors (Lipinski definition) is 5. The molecule has 3 amide bonds. The molecule has 6 nitrogen and oxygen atoms in total. The van der Waals surface area contributed by atoms with Gasteiger partial charge in [-0.1, -0.05) is 18.2 Å². The number of imide groups is 1. The number of anilines is 1. The third-order valence-corrected chi connectivity index (χ3v) is 5.27. The van der Waals surface area contributed by atoms with Gasteiger partial charge in [0.1, 0.15) is 5.00 Å². The van der Waals surface area contributed by atoms with Crippen LogP contribution in [0.25, 0.3) is 0 Å². The molecule has 0 saturated heterocycles. The molecule has 0 unspecified atom stereocenters. The summed E-state index contributed by atoms with van der Waals surface area (Å²) in [5, 5.41) is 5.49. The van der Waals surface area contributed by atoms with E-state index in [0.717, 1.165) is 36.1 Å². The lowest BCUT2D eigenvalue weighted by Gasteiger charge is -2.12. The first-order valence-corrected chi connectivity index (χ1v) is 8.82. The van der Waals surface area contributed by atoms with Crippen LogP contribution in [0.15, 0.2) is 30.3 Å². The molecule has 0 saturated carbocycles. The molecule has 0 atom stereocenters. The minimum absolute atomic E-state index is 0.286. The molecular formula is C18H18N2O4S. The number of alkyl carbamates (subject to hydrolysis) is 1. The van der Waals surface area contributed by atoms with Crippen molar-refractivity contribution in [1.82, 2.24) is 5.32 Å². The number of hydrogen-bond donors (Lipinski definition) is 2. The summed E-state index contributed by atoms with van der Waals surface area (Å²) in [4.78, 5) is 37.5. The molecule has 7 heteroatoms. The molecule has 0 aliphatic heterocycles. The molecule has 0 spiro atoms. The summed E-state index contributed by atoms with van der Waals surface area (Å²) in [6, 6.07) is 8.79. The predicted octanol–water partition coefficient (Wildman–Crippen LogP) is 3.38. The Morgan fingerprint density at radius 3 is 2.48 bits per heavy atom. The highest BCUT2D eigenvalue weighted by Crippen LogP contribution is 2.38. The molecule has 0 bridgehead atoms. The van der Waals surface area contributed by atoms with Crippen LogP contribution in [0.1, 0.15) is 44.0 Å². The van der Waals surface area contributed by atoms with Crippen molar-refractivity contribution in [2.24, 2.45) is 0 Å². The predicted molar refractivity (Wildman–Crippen MR) is 95.2 cm³/mol. The number of carbonyl (C=O) groups excluding carboxylic acids is 3. The van der Waals surface area contributed by atoms with Crippen molar-refractivity contribution in [3.8, 4) is 0 Å². The Morgan fingerprint density at radius 2 is 1.76 bits per heavy atom. The second-order valence-electron chi connectivity index (χ2n) is 5.68. The highest BCUT2D eigenvalue weighted by atomic mass is 32.1. The summed E-state index contributed by atoms with van der Waals surface area (Å²) in [7, 11) is 1.20. The van der Waals surface area contributed by atoms with Crippen LogP contribution in [0, 0.1) is 0 Å². The van der Waals surface area contributed by atoms with E-state index in [1.54, 1.807) is 24.3 Å². The second-order valence-corrected chi connectivity index (χ2v) is 6.79. The van der Waals surface area contributed by atoms with E-state index in [1.165, 1.54) is 18.4 Å². The summed E-state index contributed by atoms with van der Waals surface area (Å²) < 4.78 is 4.50. The van der Waals surface area contributed by atoms with Crippen molar-refractivity contribution in [1.29, 1.82) is 0 Å². The van der Waals surface area contributed by atoms with Crippen molar-refractivity contribution in [2.45, 2.75) is 25.7 Å². The SMILES string of the molecule is COC(=O)NC(=O)c1c(NC(=O)c2ccccc2)sc2c1CCCC2. The third kappa shape index (κ3) is 3.71. The van der Waals surface area contributed by atoms with Gasteiger partial charge in [-0.25, -0.2) is 4.79 Å². The topological polar surface area (TPSA) is 84.5 Å². The van der Waals surface area contributed by atoms with E-state index >= 15 is 0 Å². The normalized spacial score (nSPS) is 12.8. The number of ether oxygens (including phenoxy) is 1. The van der Waals surface area contributed by atoms with Crippen LogP contribution in [-0.2, 0) is 17.6 Å². The molecule has 1 heterocycles. The highest BCUT2D eigenvalue weighted by molar-refractivity contribution is 7.17. The van der Waals surface area contributed by atoms with Gasteiger partial charge in [-0.2, -0.15) is 0 Å². The van der Waals surface area contributed by atoms with Crippen molar-refractivity contribution in [3.05, 3.63) is 51.9 Å². The average molecular weight is 358 g/mol. The molecule has 1 aromatic carbocycles. The van der Waals surface area contributed by atoms with E-state index in [2.05, 4.69) is 15.4 Å². The first-order valence-electron chi connectivity index (χ1n) is 8.00. The van der Waals surface area contributed by atoms with Gasteiger partial charge in [-0.05, 0) is 43.4 Å². The van der Waals surface area contributed by atoms with Crippen molar-refractivity contribution in [2.75, 3.05) is 12.4 Å². The number of aryl methyl sites for hydroxylation is 1. The fourth-order valence-electron chi connectivity index (χ4n) is 2.87. The Kier molecular flexibility index (Phi) is 5.14. The molecule has 2 N–H and O–H groups in total. The number of benzene rings is 1. The Bertz CT molecular complexity index is 814. The fraction of sp³-hybridized carbons (Fsp3) is 0.278. The lowest BCUT2D eigenvalue weighted by atomic mass is 9.95. The zero-order valence-corrected chi connectivity index (χ0v) is 14.6. The molecule has 2 aromatic rings. The van der Waals surface area contributed by atoms with Gasteiger partial charge in [0.25, 0.3) is 11.8 Å². The number of rotatable bonds is 3. The van der Waals surface area contributed by atoms with E-state index in [0.29, 0.717) is 16.1 Å². The zero-order chi connectivity index (χ0) is 17.8.